The van der Waals surface area contributed by atoms with Crippen LogP contribution in [0, 0.1) is 13.8 Å². The Bertz CT molecular complexity index is 387. The Labute approximate surface area is 76.2 Å². The van der Waals surface area contributed by atoms with Gasteiger partial charge in [-0.05, 0) is 36.9 Å². The number of fused-ring (bicyclic) bond motifs is 1. The zero-order valence-electron chi connectivity index (χ0n) is 7.09. The summed E-state index contributed by atoms with van der Waals surface area (Å²) in [5, 5.41) is 1.90. The first-order valence-corrected chi connectivity index (χ1v) is 4.72. The fourth-order valence-corrected chi connectivity index (χ4v) is 1.99. The molecule has 0 aromatic heterocycles. The summed E-state index contributed by atoms with van der Waals surface area (Å²) >= 11 is 1.70. The monoisotopic (exact) mass is 175 g/mol. The summed E-state index contributed by atoms with van der Waals surface area (Å²) in [6.07, 6.45) is 0. The quantitative estimate of drug-likeness (QED) is 0.589. The maximum absolute atomic E-state index is 4.17. The molecule has 0 aliphatic carbocycles. The molecule has 1 aromatic rings. The van der Waals surface area contributed by atoms with Crippen molar-refractivity contribution in [2.45, 2.75) is 18.7 Å². The van der Waals surface area contributed by atoms with Gasteiger partial charge < -0.3 is 0 Å². The number of thioether (sulfide) groups is 1. The van der Waals surface area contributed by atoms with Gasteiger partial charge in [-0.1, -0.05) is 17.8 Å². The molecule has 0 saturated carbocycles. The molecule has 0 saturated heterocycles. The van der Waals surface area contributed by atoms with Crippen molar-refractivity contribution >= 4 is 23.3 Å². The van der Waals surface area contributed by atoms with Crippen LogP contribution in [0.3, 0.4) is 0 Å². The van der Waals surface area contributed by atoms with Crippen molar-refractivity contribution in [1.82, 2.24) is 0 Å². The topological polar surface area (TPSA) is 12.4 Å². The van der Waals surface area contributed by atoms with E-state index in [0.29, 0.717) is 0 Å². The smallest absolute Gasteiger partial charge is 0.0872 e. The molecule has 60 valence electrons. The van der Waals surface area contributed by atoms with E-state index in [9.17, 15) is 0 Å². The Morgan fingerprint density at radius 1 is 1.33 bits per heavy atom. The van der Waals surface area contributed by atoms with E-state index in [-0.39, 0.29) is 0 Å². The van der Waals surface area contributed by atoms with Gasteiger partial charge in [0, 0.05) is 10.3 Å². The van der Waals surface area contributed by atoms with Gasteiger partial charge in [-0.2, -0.15) is 0 Å². The Hall–Kier alpha value is -0.980. The Morgan fingerprint density at radius 3 is 3.00 bits per heavy atom. The molecule has 1 aliphatic rings. The van der Waals surface area contributed by atoms with Crippen LogP contribution in [0.4, 0.5) is 5.69 Å². The predicted octanol–water partition coefficient (Wildman–Crippen LogP) is 3.22. The first-order valence-electron chi connectivity index (χ1n) is 3.84. The van der Waals surface area contributed by atoms with Gasteiger partial charge in [0.1, 0.15) is 0 Å². The molecule has 0 atom stereocenters. The SMILES string of the molecule is Cc1ccc2c(c1C)SC=C=N2. The van der Waals surface area contributed by atoms with E-state index in [1.54, 1.807) is 11.8 Å². The highest BCUT2D eigenvalue weighted by atomic mass is 32.2. The first kappa shape index (κ1) is 7.66. The number of aryl methyl sites for hydroxylation is 1. The largest absolute Gasteiger partial charge is 0.205 e. The van der Waals surface area contributed by atoms with Crippen LogP contribution in [0.2, 0.25) is 0 Å². The van der Waals surface area contributed by atoms with Crippen LogP contribution in [0.25, 0.3) is 0 Å². The summed E-state index contributed by atoms with van der Waals surface area (Å²) in [6.45, 7) is 4.26. The molecule has 0 fully saturated rings. The lowest BCUT2D eigenvalue weighted by Crippen LogP contribution is -1.86. The van der Waals surface area contributed by atoms with Crippen molar-refractivity contribution in [2.75, 3.05) is 0 Å². The molecule has 0 amide bonds. The van der Waals surface area contributed by atoms with Crippen LogP contribution in [0.15, 0.2) is 27.4 Å². The van der Waals surface area contributed by atoms with Crippen LogP contribution in [0.5, 0.6) is 0 Å². The molecule has 1 aliphatic heterocycles. The molecule has 12 heavy (non-hydrogen) atoms. The third-order valence-electron chi connectivity index (χ3n) is 2.07. The maximum Gasteiger partial charge on any atom is 0.0872 e. The van der Waals surface area contributed by atoms with Gasteiger partial charge in [0.05, 0.1) is 5.69 Å². The average Bonchev–Trinajstić information content (AvgIpc) is 2.12. The van der Waals surface area contributed by atoms with E-state index >= 15 is 0 Å². The second kappa shape index (κ2) is 2.81. The molecule has 1 aromatic carbocycles. The molecule has 0 bridgehead atoms. The molecular formula is C10H9NS. The Kier molecular flexibility index (Phi) is 1.80. The van der Waals surface area contributed by atoms with E-state index in [2.05, 4.69) is 30.8 Å². The molecule has 1 heterocycles. The zero-order chi connectivity index (χ0) is 8.55. The number of hydrogen-bond acceptors (Lipinski definition) is 2. The third kappa shape index (κ3) is 1.09. The highest BCUT2D eigenvalue weighted by Crippen LogP contribution is 2.36. The van der Waals surface area contributed by atoms with E-state index < -0.39 is 0 Å². The number of rotatable bonds is 0. The minimum Gasteiger partial charge on any atom is -0.205 e. The molecule has 0 radical (unpaired) electrons. The summed E-state index contributed by atoms with van der Waals surface area (Å²) < 4.78 is 0. The van der Waals surface area contributed by atoms with Crippen molar-refractivity contribution < 1.29 is 0 Å². The Balaban J connectivity index is 2.69. The summed E-state index contributed by atoms with van der Waals surface area (Å²) in [5.74, 6) is 2.85. The molecular weight excluding hydrogens is 166 g/mol. The van der Waals surface area contributed by atoms with E-state index in [4.69, 9.17) is 0 Å². The third-order valence-corrected chi connectivity index (χ3v) is 3.04. The van der Waals surface area contributed by atoms with E-state index in [1.165, 1.54) is 16.0 Å². The second-order valence-electron chi connectivity index (χ2n) is 2.83. The van der Waals surface area contributed by atoms with E-state index in [1.807, 2.05) is 11.5 Å². The van der Waals surface area contributed by atoms with Crippen LogP contribution < -0.4 is 0 Å². The maximum atomic E-state index is 4.17. The molecule has 1 nitrogen and oxygen atoms in total. The second-order valence-corrected chi connectivity index (χ2v) is 3.71. The summed E-state index contributed by atoms with van der Waals surface area (Å²) in [5.41, 5.74) is 3.70. The predicted molar refractivity (Wildman–Crippen MR) is 53.4 cm³/mol. The lowest BCUT2D eigenvalue weighted by molar-refractivity contribution is 1.22. The number of hydrogen-bond donors (Lipinski definition) is 0. The lowest BCUT2D eigenvalue weighted by Gasteiger charge is -2.09. The van der Waals surface area contributed by atoms with Gasteiger partial charge in [-0.15, -0.1) is 0 Å². The van der Waals surface area contributed by atoms with Gasteiger partial charge in [-0.3, -0.25) is 0 Å². The van der Waals surface area contributed by atoms with Gasteiger partial charge >= 0.3 is 0 Å². The highest BCUT2D eigenvalue weighted by molar-refractivity contribution is 8.02. The standard InChI is InChI=1S/C10H9NS/c1-7-3-4-9-10(8(7)2)12-6-5-11-9/h3-4,6H,1-2H3. The lowest BCUT2D eigenvalue weighted by atomic mass is 10.1. The van der Waals surface area contributed by atoms with Gasteiger partial charge in [-0.25, -0.2) is 4.99 Å². The molecule has 0 spiro atoms. The van der Waals surface area contributed by atoms with Crippen LogP contribution >= 0.6 is 11.8 Å². The average molecular weight is 175 g/mol. The summed E-state index contributed by atoms with van der Waals surface area (Å²) in [6, 6.07) is 4.15. The van der Waals surface area contributed by atoms with Gasteiger partial charge in [0.15, 0.2) is 0 Å². The van der Waals surface area contributed by atoms with Crippen molar-refractivity contribution in [2.24, 2.45) is 4.99 Å². The number of aliphatic imine (C=N–C) groups is 1. The summed E-state index contributed by atoms with van der Waals surface area (Å²) in [4.78, 5) is 5.44. The first-order chi connectivity index (χ1) is 5.79. The van der Waals surface area contributed by atoms with Crippen molar-refractivity contribution in [3.05, 3.63) is 28.7 Å². The fourth-order valence-electron chi connectivity index (χ4n) is 1.19. The van der Waals surface area contributed by atoms with Crippen molar-refractivity contribution in [1.29, 1.82) is 0 Å². The minimum atomic E-state index is 1.05. The van der Waals surface area contributed by atoms with Crippen LogP contribution in [0.1, 0.15) is 11.1 Å². The highest BCUT2D eigenvalue weighted by Gasteiger charge is 2.08. The molecule has 2 rings (SSSR count). The molecule has 0 unspecified atom stereocenters. The molecule has 2 heteroatoms. The number of benzene rings is 1. The fraction of sp³-hybridized carbons (Fsp3) is 0.200. The van der Waals surface area contributed by atoms with E-state index in [0.717, 1.165) is 5.69 Å². The zero-order valence-corrected chi connectivity index (χ0v) is 7.90. The van der Waals surface area contributed by atoms with Gasteiger partial charge in [0.2, 0.25) is 0 Å². The minimum absolute atomic E-state index is 1.05. The molecule has 0 N–H and O–H groups in total. The number of nitrogens with zero attached hydrogens (tertiary/aromatic N) is 1. The van der Waals surface area contributed by atoms with Crippen LogP contribution in [-0.4, -0.2) is 5.87 Å². The van der Waals surface area contributed by atoms with Crippen molar-refractivity contribution in [3.8, 4) is 0 Å². The normalized spacial score (nSPS) is 13.2. The van der Waals surface area contributed by atoms with Crippen molar-refractivity contribution in [3.63, 3.8) is 0 Å². The van der Waals surface area contributed by atoms with Gasteiger partial charge in [0.25, 0.3) is 0 Å². The van der Waals surface area contributed by atoms with Crippen LogP contribution in [-0.2, 0) is 0 Å². The summed E-state index contributed by atoms with van der Waals surface area (Å²) in [7, 11) is 0. The Morgan fingerprint density at radius 2 is 2.17 bits per heavy atom.